The van der Waals surface area contributed by atoms with Crippen LogP contribution in [0.3, 0.4) is 0 Å². The van der Waals surface area contributed by atoms with Crippen molar-refractivity contribution in [2.75, 3.05) is 31.6 Å². The molecule has 2 N–H and O–H groups in total. The Bertz CT molecular complexity index is 1160. The minimum absolute atomic E-state index is 0.167. The van der Waals surface area contributed by atoms with E-state index in [9.17, 15) is 13.2 Å². The summed E-state index contributed by atoms with van der Waals surface area (Å²) < 4.78 is 31.8. The van der Waals surface area contributed by atoms with E-state index in [2.05, 4.69) is 18.7 Å². The second-order valence-corrected chi connectivity index (χ2v) is 12.0. The zero-order chi connectivity index (χ0) is 29.5. The predicted octanol–water partition coefficient (Wildman–Crippen LogP) is 7.38. The Hall–Kier alpha value is -2.84. The van der Waals surface area contributed by atoms with Crippen LogP contribution in [0.2, 0.25) is 0 Å². The summed E-state index contributed by atoms with van der Waals surface area (Å²) in [5.74, 6) is 0.964. The summed E-state index contributed by atoms with van der Waals surface area (Å²) in [5.41, 5.74) is 0.901. The lowest BCUT2D eigenvalue weighted by Gasteiger charge is -2.29. The van der Waals surface area contributed by atoms with E-state index in [4.69, 9.17) is 9.88 Å². The van der Waals surface area contributed by atoms with E-state index in [1.807, 2.05) is 44.2 Å². The molecule has 0 unspecified atom stereocenters. The van der Waals surface area contributed by atoms with Gasteiger partial charge in [-0.1, -0.05) is 69.9 Å². The number of carbonyl (C=O) groups excluding carboxylic acids is 1. The predicted molar refractivity (Wildman–Crippen MR) is 166 cm³/mol. The smallest absolute Gasteiger partial charge is 0.253 e. The quantitative estimate of drug-likeness (QED) is 0.253. The number of hydrogen-bond acceptors (Lipinski definition) is 5. The van der Waals surface area contributed by atoms with Crippen LogP contribution in [0, 0.1) is 5.92 Å². The van der Waals surface area contributed by atoms with Crippen LogP contribution in [0.25, 0.3) is 0 Å². The number of hydrogen-bond donors (Lipinski definition) is 1. The minimum atomic E-state index is -4.18. The fraction of sp³-hybridized carbons (Fsp3) is 0.531. The molecule has 2 aromatic carbocycles. The Morgan fingerprint density at radius 3 is 2.08 bits per heavy atom. The molecule has 2 aromatic rings. The molecular weight excluding hydrogens is 522 g/mol. The van der Waals surface area contributed by atoms with E-state index in [0.717, 1.165) is 51.6 Å². The van der Waals surface area contributed by atoms with Crippen molar-refractivity contribution in [1.82, 2.24) is 4.90 Å². The molecule has 0 aromatic heterocycles. The molecule has 222 valence electrons. The van der Waals surface area contributed by atoms with Gasteiger partial charge in [0, 0.05) is 32.2 Å². The van der Waals surface area contributed by atoms with Crippen molar-refractivity contribution < 1.29 is 17.9 Å². The van der Waals surface area contributed by atoms with Gasteiger partial charge in [-0.3, -0.25) is 4.79 Å². The number of para-hydroxylation sites is 1. The molecule has 1 aliphatic rings. The normalized spacial score (nSPS) is 13.7. The van der Waals surface area contributed by atoms with E-state index in [1.54, 1.807) is 30.1 Å². The number of anilines is 1. The summed E-state index contributed by atoms with van der Waals surface area (Å²) in [6, 6.07) is 12.2. The van der Waals surface area contributed by atoms with Gasteiger partial charge in [0.1, 0.15) is 10.6 Å². The molecule has 8 heteroatoms. The Morgan fingerprint density at radius 1 is 1.00 bits per heavy atom. The Balaban J connectivity index is 0.00000131. The maximum Gasteiger partial charge on any atom is 0.253 e. The number of ether oxygens (including phenoxy) is 1. The first-order valence-electron chi connectivity index (χ1n) is 14.7. The molecular formula is C32H49N3O4S. The van der Waals surface area contributed by atoms with Crippen molar-refractivity contribution in [3.05, 3.63) is 60.2 Å². The number of allylic oxidation sites excluding steroid dienone is 2. The third-order valence-corrected chi connectivity index (χ3v) is 8.06. The third kappa shape index (κ3) is 10.3. The molecule has 40 heavy (non-hydrogen) atoms. The second kappa shape index (κ2) is 17.1. The largest absolute Gasteiger partial charge is 0.454 e. The Labute approximate surface area is 242 Å². The maximum atomic E-state index is 13.5. The zero-order valence-corrected chi connectivity index (χ0v) is 25.9. The summed E-state index contributed by atoms with van der Waals surface area (Å²) in [7, 11) is -2.39. The van der Waals surface area contributed by atoms with Crippen LogP contribution in [0.15, 0.2) is 59.5 Å². The van der Waals surface area contributed by atoms with Crippen molar-refractivity contribution >= 4 is 21.6 Å². The summed E-state index contributed by atoms with van der Waals surface area (Å²) in [5, 5.41) is 5.71. The molecule has 0 spiro atoms. The molecule has 1 aliphatic carbocycles. The molecule has 0 bridgehead atoms. The van der Waals surface area contributed by atoms with Crippen LogP contribution in [-0.4, -0.2) is 45.9 Å². The average Bonchev–Trinajstić information content (AvgIpc) is 3.46. The van der Waals surface area contributed by atoms with Crippen molar-refractivity contribution in [3.8, 4) is 11.5 Å². The number of primary sulfonamides is 1. The Kier molecular flexibility index (Phi) is 14.2. The van der Waals surface area contributed by atoms with Crippen LogP contribution < -0.4 is 14.8 Å². The van der Waals surface area contributed by atoms with E-state index < -0.39 is 10.0 Å². The Morgan fingerprint density at radius 2 is 1.57 bits per heavy atom. The maximum absolute atomic E-state index is 13.5. The van der Waals surface area contributed by atoms with Gasteiger partial charge in [-0.05, 0) is 69.7 Å². The number of unbranched alkanes of at least 4 members (excludes halogenated alkanes) is 2. The molecule has 1 amide bonds. The van der Waals surface area contributed by atoms with Gasteiger partial charge in [0.05, 0.1) is 5.69 Å². The second-order valence-electron chi connectivity index (χ2n) is 10.5. The summed E-state index contributed by atoms with van der Waals surface area (Å²) in [6.45, 7) is 10.3. The van der Waals surface area contributed by atoms with E-state index in [0.29, 0.717) is 29.5 Å². The van der Waals surface area contributed by atoms with Gasteiger partial charge in [0.2, 0.25) is 10.0 Å². The lowest BCUT2D eigenvalue weighted by Crippen LogP contribution is -2.32. The monoisotopic (exact) mass is 571 g/mol. The van der Waals surface area contributed by atoms with Crippen LogP contribution in [0.1, 0.15) is 89.4 Å². The molecule has 7 nitrogen and oxygen atoms in total. The summed E-state index contributed by atoms with van der Waals surface area (Å²) >= 11 is 0. The summed E-state index contributed by atoms with van der Waals surface area (Å²) in [4.78, 5) is 17.2. The van der Waals surface area contributed by atoms with Gasteiger partial charge in [0.25, 0.3) is 5.91 Å². The number of nitrogens with zero attached hydrogens (tertiary/aromatic N) is 2. The third-order valence-electron chi connectivity index (χ3n) is 7.14. The number of amides is 1. The van der Waals surface area contributed by atoms with E-state index in [-0.39, 0.29) is 16.6 Å². The van der Waals surface area contributed by atoms with Crippen molar-refractivity contribution in [2.45, 2.75) is 84.0 Å². The SMILES string of the molecule is C/C=C\C.CCCCN(CCCC)c1cc(C(=O)N(C)CC2CCCC2)cc(S(N)(=O)=O)c1Oc1ccccc1. The highest BCUT2D eigenvalue weighted by Gasteiger charge is 2.28. The van der Waals surface area contributed by atoms with Gasteiger partial charge in [0.15, 0.2) is 5.75 Å². The summed E-state index contributed by atoms with van der Waals surface area (Å²) in [6.07, 6.45) is 12.5. The first-order valence-corrected chi connectivity index (χ1v) is 16.2. The van der Waals surface area contributed by atoms with Gasteiger partial charge in [-0.15, -0.1) is 0 Å². The van der Waals surface area contributed by atoms with Crippen molar-refractivity contribution in [2.24, 2.45) is 11.1 Å². The van der Waals surface area contributed by atoms with Gasteiger partial charge in [-0.2, -0.15) is 0 Å². The van der Waals surface area contributed by atoms with Gasteiger partial charge in [-0.25, -0.2) is 13.6 Å². The molecule has 1 fully saturated rings. The van der Waals surface area contributed by atoms with Crippen molar-refractivity contribution in [3.63, 3.8) is 0 Å². The van der Waals surface area contributed by atoms with Crippen molar-refractivity contribution in [1.29, 1.82) is 0 Å². The lowest BCUT2D eigenvalue weighted by molar-refractivity contribution is 0.0773. The highest BCUT2D eigenvalue weighted by molar-refractivity contribution is 7.89. The minimum Gasteiger partial charge on any atom is -0.454 e. The van der Waals surface area contributed by atoms with E-state index in [1.165, 1.54) is 18.9 Å². The molecule has 0 saturated heterocycles. The number of rotatable bonds is 13. The molecule has 3 rings (SSSR count). The lowest BCUT2D eigenvalue weighted by atomic mass is 10.1. The highest BCUT2D eigenvalue weighted by Crippen LogP contribution is 2.40. The molecule has 0 heterocycles. The molecule has 0 atom stereocenters. The van der Waals surface area contributed by atoms with Gasteiger partial charge >= 0.3 is 0 Å². The van der Waals surface area contributed by atoms with Gasteiger partial charge < -0.3 is 14.5 Å². The zero-order valence-electron chi connectivity index (χ0n) is 25.1. The molecule has 0 aliphatic heterocycles. The number of nitrogens with two attached hydrogens (primary N) is 1. The molecule has 1 saturated carbocycles. The highest BCUT2D eigenvalue weighted by atomic mass is 32.2. The number of carbonyl (C=O) groups is 1. The van der Waals surface area contributed by atoms with Crippen LogP contribution in [-0.2, 0) is 10.0 Å². The average molecular weight is 572 g/mol. The van der Waals surface area contributed by atoms with E-state index >= 15 is 0 Å². The first-order chi connectivity index (χ1) is 19.2. The number of sulfonamides is 1. The van der Waals surface area contributed by atoms with Crippen LogP contribution in [0.5, 0.6) is 11.5 Å². The fourth-order valence-corrected chi connectivity index (χ4v) is 5.50. The van der Waals surface area contributed by atoms with Crippen LogP contribution in [0.4, 0.5) is 5.69 Å². The topological polar surface area (TPSA) is 92.9 Å². The van der Waals surface area contributed by atoms with Crippen LogP contribution >= 0.6 is 0 Å². The standard InChI is InChI=1S/C28H41N3O4S.C4H8/c1-4-6-17-31(18-7-5-2)25-19-23(28(32)30(3)21-22-13-11-12-14-22)20-26(36(29,33)34)27(25)35-24-15-9-8-10-16-24;1-3-4-2/h8-10,15-16,19-20,22H,4-7,11-14,17-18,21H2,1-3H3,(H2,29,33,34);3-4H,1-2H3/b;4-3-. The molecule has 0 radical (unpaired) electrons. The first kappa shape index (κ1) is 33.4. The fourth-order valence-electron chi connectivity index (χ4n) is 4.80. The number of benzene rings is 2.